The van der Waals surface area contributed by atoms with Crippen molar-refractivity contribution in [2.24, 2.45) is 0 Å². The summed E-state index contributed by atoms with van der Waals surface area (Å²) in [7, 11) is -3.93. The summed E-state index contributed by atoms with van der Waals surface area (Å²) in [4.78, 5) is 8.21. The van der Waals surface area contributed by atoms with Gasteiger partial charge in [0, 0.05) is 18.3 Å². The third kappa shape index (κ3) is 5.31. The number of rotatable bonds is 5. The maximum atomic E-state index is 12.2. The van der Waals surface area contributed by atoms with E-state index in [1.807, 2.05) is 0 Å². The van der Waals surface area contributed by atoms with Crippen molar-refractivity contribution in [3.8, 4) is 5.88 Å². The lowest BCUT2D eigenvalue weighted by atomic mass is 10.3. The molecule has 6 nitrogen and oxygen atoms in total. The average Bonchev–Trinajstić information content (AvgIpc) is 2.84. The van der Waals surface area contributed by atoms with Crippen LogP contribution in [-0.2, 0) is 10.0 Å². The Balaban J connectivity index is 1.95. The number of nitrogens with zero attached hydrogens (tertiary/aromatic N) is 3. The van der Waals surface area contributed by atoms with E-state index in [1.165, 1.54) is 0 Å². The topological polar surface area (TPSA) is 72.4 Å². The van der Waals surface area contributed by atoms with Gasteiger partial charge in [0.15, 0.2) is 0 Å². The molecule has 0 aliphatic carbocycles. The van der Waals surface area contributed by atoms with Crippen LogP contribution in [0.15, 0.2) is 6.07 Å². The minimum atomic E-state index is -4.49. The predicted octanol–water partition coefficient (Wildman–Crippen LogP) is 1.83. The van der Waals surface area contributed by atoms with E-state index in [2.05, 4.69) is 9.97 Å². The molecular weight excluding hydrogens is 335 g/mol. The van der Waals surface area contributed by atoms with Crippen LogP contribution in [0.25, 0.3) is 0 Å². The minimum Gasteiger partial charge on any atom is -0.473 e. The zero-order valence-electron chi connectivity index (χ0n) is 12.8. The van der Waals surface area contributed by atoms with Gasteiger partial charge in [-0.2, -0.15) is 22.5 Å². The molecule has 0 bridgehead atoms. The second-order valence-electron chi connectivity index (χ2n) is 5.46. The highest BCUT2D eigenvalue weighted by Crippen LogP contribution is 2.24. The van der Waals surface area contributed by atoms with E-state index < -0.39 is 34.5 Å². The van der Waals surface area contributed by atoms with Gasteiger partial charge in [-0.05, 0) is 20.3 Å². The third-order valence-corrected chi connectivity index (χ3v) is 5.21. The SMILES string of the molecule is Cc1cc(OC2CCN(S(=O)(=O)CCC(F)(F)F)C2)nc(C)n1. The lowest BCUT2D eigenvalue weighted by Crippen LogP contribution is -2.34. The molecule has 1 atom stereocenters. The summed E-state index contributed by atoms with van der Waals surface area (Å²) in [6.45, 7) is 3.67. The number of halogens is 3. The normalized spacial score (nSPS) is 20.0. The maximum Gasteiger partial charge on any atom is 0.390 e. The van der Waals surface area contributed by atoms with Crippen molar-refractivity contribution in [3.63, 3.8) is 0 Å². The van der Waals surface area contributed by atoms with Gasteiger partial charge in [0.25, 0.3) is 0 Å². The first-order chi connectivity index (χ1) is 10.5. The highest BCUT2D eigenvalue weighted by molar-refractivity contribution is 7.89. The maximum absolute atomic E-state index is 12.2. The second kappa shape index (κ2) is 6.60. The van der Waals surface area contributed by atoms with Crippen LogP contribution in [0.5, 0.6) is 5.88 Å². The van der Waals surface area contributed by atoms with Gasteiger partial charge in [-0.25, -0.2) is 13.4 Å². The monoisotopic (exact) mass is 353 g/mol. The molecule has 1 aromatic rings. The molecule has 0 amide bonds. The van der Waals surface area contributed by atoms with Gasteiger partial charge in [-0.3, -0.25) is 0 Å². The molecule has 0 radical (unpaired) electrons. The zero-order chi connectivity index (χ0) is 17.3. The van der Waals surface area contributed by atoms with Gasteiger partial charge in [0.05, 0.1) is 18.7 Å². The fraction of sp³-hybridized carbons (Fsp3) is 0.692. The van der Waals surface area contributed by atoms with Gasteiger partial charge < -0.3 is 4.74 Å². The van der Waals surface area contributed by atoms with Crippen LogP contribution in [-0.4, -0.2) is 53.8 Å². The lowest BCUT2D eigenvalue weighted by molar-refractivity contribution is -0.130. The first kappa shape index (κ1) is 17.9. The second-order valence-corrected chi connectivity index (χ2v) is 7.55. The van der Waals surface area contributed by atoms with E-state index >= 15 is 0 Å². The van der Waals surface area contributed by atoms with E-state index in [0.717, 1.165) is 10.00 Å². The van der Waals surface area contributed by atoms with Crippen molar-refractivity contribution in [2.75, 3.05) is 18.8 Å². The molecule has 1 fully saturated rings. The van der Waals surface area contributed by atoms with Crippen molar-refractivity contribution in [1.29, 1.82) is 0 Å². The number of aryl methyl sites for hydroxylation is 2. The Hall–Kier alpha value is -1.42. The average molecular weight is 353 g/mol. The van der Waals surface area contributed by atoms with E-state index in [4.69, 9.17) is 4.74 Å². The Bertz CT molecular complexity index is 644. The number of hydrogen-bond acceptors (Lipinski definition) is 5. The lowest BCUT2D eigenvalue weighted by Gasteiger charge is -2.17. The molecule has 0 spiro atoms. The highest BCUT2D eigenvalue weighted by Gasteiger charge is 2.36. The van der Waals surface area contributed by atoms with Crippen LogP contribution in [0.4, 0.5) is 13.2 Å². The molecule has 0 aromatic carbocycles. The first-order valence-corrected chi connectivity index (χ1v) is 8.69. The number of sulfonamides is 1. The van der Waals surface area contributed by atoms with Gasteiger partial charge in [-0.1, -0.05) is 0 Å². The summed E-state index contributed by atoms with van der Waals surface area (Å²) in [6, 6.07) is 1.63. The molecule has 1 aliphatic heterocycles. The Kier molecular flexibility index (Phi) is 5.14. The summed E-state index contributed by atoms with van der Waals surface area (Å²) in [6.07, 6.45) is -5.85. The predicted molar refractivity (Wildman–Crippen MR) is 76.6 cm³/mol. The molecule has 1 aliphatic rings. The molecule has 0 N–H and O–H groups in total. The van der Waals surface area contributed by atoms with Crippen LogP contribution in [0.1, 0.15) is 24.4 Å². The van der Waals surface area contributed by atoms with Crippen molar-refractivity contribution < 1.29 is 26.3 Å². The smallest absolute Gasteiger partial charge is 0.390 e. The molecule has 2 heterocycles. The summed E-state index contributed by atoms with van der Waals surface area (Å²) in [5.41, 5.74) is 0.722. The summed E-state index contributed by atoms with van der Waals surface area (Å²) in [5, 5.41) is 0. The van der Waals surface area contributed by atoms with Crippen LogP contribution in [0, 0.1) is 13.8 Å². The Labute approximate surface area is 132 Å². The van der Waals surface area contributed by atoms with E-state index in [-0.39, 0.29) is 13.1 Å². The highest BCUT2D eigenvalue weighted by atomic mass is 32.2. The van der Waals surface area contributed by atoms with Gasteiger partial charge >= 0.3 is 6.18 Å². The first-order valence-electron chi connectivity index (χ1n) is 7.09. The Morgan fingerprint density at radius 1 is 1.35 bits per heavy atom. The van der Waals surface area contributed by atoms with Gasteiger partial charge in [0.2, 0.25) is 15.9 Å². The fourth-order valence-corrected chi connectivity index (χ4v) is 3.86. The number of ether oxygens (including phenoxy) is 1. The van der Waals surface area contributed by atoms with Crippen molar-refractivity contribution >= 4 is 10.0 Å². The van der Waals surface area contributed by atoms with E-state index in [0.29, 0.717) is 18.1 Å². The number of aromatic nitrogens is 2. The number of hydrogen-bond donors (Lipinski definition) is 0. The van der Waals surface area contributed by atoms with Crippen LogP contribution in [0.2, 0.25) is 0 Å². The molecule has 1 unspecified atom stereocenters. The van der Waals surface area contributed by atoms with Gasteiger partial charge in [0.1, 0.15) is 11.9 Å². The molecule has 1 saturated heterocycles. The van der Waals surface area contributed by atoms with Crippen LogP contribution in [0.3, 0.4) is 0 Å². The summed E-state index contributed by atoms with van der Waals surface area (Å²) >= 11 is 0. The van der Waals surface area contributed by atoms with E-state index in [1.54, 1.807) is 19.9 Å². The summed E-state index contributed by atoms with van der Waals surface area (Å²) < 4.78 is 67.1. The van der Waals surface area contributed by atoms with Crippen molar-refractivity contribution in [2.45, 2.75) is 39.0 Å². The summed E-state index contributed by atoms with van der Waals surface area (Å²) in [5.74, 6) is -0.0585. The molecule has 130 valence electrons. The Morgan fingerprint density at radius 3 is 2.65 bits per heavy atom. The standard InChI is InChI=1S/C13H18F3N3O3S/c1-9-7-12(18-10(2)17-9)22-11-3-5-19(8-11)23(20,21)6-4-13(14,15)16/h7,11H,3-6,8H2,1-2H3. The Morgan fingerprint density at radius 2 is 2.04 bits per heavy atom. The molecule has 2 rings (SSSR count). The zero-order valence-corrected chi connectivity index (χ0v) is 13.6. The largest absolute Gasteiger partial charge is 0.473 e. The van der Waals surface area contributed by atoms with Crippen molar-refractivity contribution in [3.05, 3.63) is 17.6 Å². The quantitative estimate of drug-likeness (QED) is 0.808. The minimum absolute atomic E-state index is 0.0300. The molecule has 0 saturated carbocycles. The van der Waals surface area contributed by atoms with Crippen LogP contribution < -0.4 is 4.74 Å². The number of alkyl halides is 3. The molecular formula is C13H18F3N3O3S. The van der Waals surface area contributed by atoms with Gasteiger partial charge in [-0.15, -0.1) is 0 Å². The van der Waals surface area contributed by atoms with Crippen LogP contribution >= 0.6 is 0 Å². The third-order valence-electron chi connectivity index (χ3n) is 3.37. The molecule has 1 aromatic heterocycles. The molecule has 23 heavy (non-hydrogen) atoms. The fourth-order valence-electron chi connectivity index (χ4n) is 2.33. The van der Waals surface area contributed by atoms with Crippen molar-refractivity contribution in [1.82, 2.24) is 14.3 Å². The molecule has 10 heteroatoms. The van der Waals surface area contributed by atoms with E-state index in [9.17, 15) is 21.6 Å².